The number of nitrogens with two attached hydrogens (primary N) is 2. The zero-order valence-electron chi connectivity index (χ0n) is 52.4. The molecule has 3 aromatic carbocycles. The number of phenolic OH excluding ortho intramolecular Hbond substituents is 1. The van der Waals surface area contributed by atoms with Gasteiger partial charge in [-0.1, -0.05) is 36.5 Å². The van der Waals surface area contributed by atoms with Gasteiger partial charge in [-0.25, -0.2) is 0 Å². The van der Waals surface area contributed by atoms with Gasteiger partial charge in [-0.15, -0.1) is 10.2 Å². The molecular formula is C63H88N12O17S. The van der Waals surface area contributed by atoms with Crippen molar-refractivity contribution in [3.8, 4) is 32.6 Å². The van der Waals surface area contributed by atoms with Gasteiger partial charge < -0.3 is 103 Å². The van der Waals surface area contributed by atoms with E-state index in [9.17, 15) is 69.3 Å². The van der Waals surface area contributed by atoms with Crippen LogP contribution < -0.4 is 47.7 Å². The third kappa shape index (κ3) is 18.5. The number of nitrogens with zero attached hydrogens (tertiary/aromatic N) is 5. The number of carbonyl (C=O) groups is 7. The number of amides is 7. The van der Waals surface area contributed by atoms with Crippen LogP contribution in [0.2, 0.25) is 0 Å². The fraction of sp³-hybridized carbons (Fsp3) is 0.571. The quantitative estimate of drug-likeness (QED) is 0.0387. The van der Waals surface area contributed by atoms with E-state index in [-0.39, 0.29) is 55.3 Å². The summed E-state index contributed by atoms with van der Waals surface area (Å²) in [7, 11) is 1.70. The number of carbonyl (C=O) groups excluding carboxylic acids is 7. The first-order chi connectivity index (χ1) is 44.6. The Kier molecular flexibility index (Phi) is 25.8. The molecule has 4 aliphatic rings. The average molecular weight is 1320 g/mol. The number of ether oxygens (including phenoxy) is 3. The summed E-state index contributed by atoms with van der Waals surface area (Å²) in [6, 6.07) is 7.48. The van der Waals surface area contributed by atoms with Crippen LogP contribution in [0.3, 0.4) is 0 Å². The van der Waals surface area contributed by atoms with Crippen molar-refractivity contribution in [2.45, 2.75) is 145 Å². The summed E-state index contributed by atoms with van der Waals surface area (Å²) in [5.74, 6) is -8.17. The molecular weight excluding hydrogens is 1230 g/mol. The van der Waals surface area contributed by atoms with Crippen molar-refractivity contribution in [2.24, 2.45) is 23.3 Å². The zero-order chi connectivity index (χ0) is 67.0. The normalized spacial score (nSPS) is 25.8. The summed E-state index contributed by atoms with van der Waals surface area (Å²) in [5.41, 5.74) is 14.3. The lowest BCUT2D eigenvalue weighted by molar-refractivity contribution is -0.147. The maximum Gasteiger partial charge on any atom is 0.251 e. The molecule has 7 amide bonds. The number of unbranched alkanes of at least 4 members (excludes halogenated alkanes) is 1. The molecule has 29 nitrogen and oxygen atoms in total. The number of aromatic nitrogens is 2. The minimum atomic E-state index is -2.05. The van der Waals surface area contributed by atoms with E-state index in [1.54, 1.807) is 19.2 Å². The standard InChI is InChI=1S/C63H88N12O17S/c1-34-31-75-53(54(34)82)59(87)67-49(81)17-15-43(66-55(83)38-7-9-39(10-8-38)60-71-72-61(93-60)40-11-13-41(14-12-40)73-23-19-36(20-24-73)33-91-26-5-4-25-90-3)56(84)68-50(35(2)76)62(88)74-32-42(77)30-44(74)57(85)69-51(58(86)70-52(63(75)89)46(79)18-21-64)47(80)28-37-6-16-45(78)48(29-37)92-27-22-65/h6-14,16,29,34-36,42-44,46-47,49-54,76-82H,4-5,15,17-28,30-33,64-65H2,1-3H3,(H,66,83)(H,67,87)(H,68,84)(H,69,85)(H,70,86)/t34-,35+,42+,43-,44-,46+,47+,49-,50-,51-,52-,53-,54-/m0/s1. The Hall–Kier alpha value is -7.49. The van der Waals surface area contributed by atoms with Gasteiger partial charge in [0.2, 0.25) is 35.4 Å². The van der Waals surface area contributed by atoms with Gasteiger partial charge in [0.1, 0.15) is 59.1 Å². The maximum absolute atomic E-state index is 14.7. The Balaban J connectivity index is 1.02. The first kappa shape index (κ1) is 71.4. The van der Waals surface area contributed by atoms with Gasteiger partial charge in [0.05, 0.1) is 30.5 Å². The zero-order valence-corrected chi connectivity index (χ0v) is 53.2. The molecule has 4 saturated heterocycles. The van der Waals surface area contributed by atoms with E-state index in [0.29, 0.717) is 21.5 Å². The summed E-state index contributed by atoms with van der Waals surface area (Å²) >= 11 is 1.34. The largest absolute Gasteiger partial charge is 0.504 e. The van der Waals surface area contributed by atoms with Gasteiger partial charge in [0.25, 0.3) is 5.91 Å². The van der Waals surface area contributed by atoms with Crippen molar-refractivity contribution in [1.29, 1.82) is 0 Å². The molecule has 13 atom stereocenters. The number of hydrogen-bond donors (Lipinski definition) is 14. The molecule has 0 radical (unpaired) electrons. The summed E-state index contributed by atoms with van der Waals surface area (Å²) < 4.78 is 16.6. The van der Waals surface area contributed by atoms with Crippen LogP contribution in [-0.2, 0) is 44.7 Å². The van der Waals surface area contributed by atoms with Crippen LogP contribution in [0, 0.1) is 11.8 Å². The van der Waals surface area contributed by atoms with Crippen LogP contribution in [-0.4, -0.2) is 243 Å². The number of aliphatic hydroxyl groups excluding tert-OH is 6. The first-order valence-corrected chi connectivity index (χ1v) is 32.3. The van der Waals surface area contributed by atoms with E-state index >= 15 is 0 Å². The third-order valence-electron chi connectivity index (χ3n) is 17.2. The van der Waals surface area contributed by atoms with Gasteiger partial charge in [0, 0.05) is 101 Å². The minimum Gasteiger partial charge on any atom is -0.504 e. The molecule has 1 aromatic heterocycles. The Bertz CT molecular complexity index is 3170. The van der Waals surface area contributed by atoms with Crippen LogP contribution in [0.5, 0.6) is 11.5 Å². The number of hydrogen-bond acceptors (Lipinski definition) is 23. The van der Waals surface area contributed by atoms with Gasteiger partial charge in [-0.05, 0) is 118 Å². The lowest BCUT2D eigenvalue weighted by Gasteiger charge is -2.34. The Morgan fingerprint density at radius 3 is 2.03 bits per heavy atom. The SMILES string of the molecule is COCCCCOCC1CCN(c2ccc(-c3nnc(-c4ccc(C(=O)N[C@H]5CC[C@H](O)NC(=O)[C@@H]6[C@@H](O)[C@@H](C)CN6C(=O)[C@H]([C@H](O)CCN)NC(=O)[C@H]([C@H](O)Cc6ccc(O)c(OCCN)c6)NC(=O)[C@@H]6C[C@@H](O)CN6C(=O)[C@H]([C@@H](C)O)NC5=O)cc4)s3)cc2)CC1. The highest BCUT2D eigenvalue weighted by molar-refractivity contribution is 7.17. The van der Waals surface area contributed by atoms with Crippen molar-refractivity contribution in [1.82, 2.24) is 46.6 Å². The van der Waals surface area contributed by atoms with Crippen LogP contribution >= 0.6 is 11.3 Å². The highest BCUT2D eigenvalue weighted by atomic mass is 32.1. The number of phenols is 1. The minimum absolute atomic E-state index is 0.00678. The van der Waals surface area contributed by atoms with Crippen molar-refractivity contribution in [2.75, 3.05) is 77.7 Å². The fourth-order valence-electron chi connectivity index (χ4n) is 11.9. The van der Waals surface area contributed by atoms with Gasteiger partial charge in [-0.3, -0.25) is 33.6 Å². The molecule has 5 heterocycles. The molecule has 93 heavy (non-hydrogen) atoms. The molecule has 8 rings (SSSR count). The molecule has 0 spiro atoms. The predicted molar refractivity (Wildman–Crippen MR) is 339 cm³/mol. The summed E-state index contributed by atoms with van der Waals surface area (Å²) in [5, 5.41) is 101. The predicted octanol–water partition coefficient (Wildman–Crippen LogP) is -1.78. The lowest BCUT2D eigenvalue weighted by atomic mass is 9.97. The second kappa shape index (κ2) is 33.6. The molecule has 0 saturated carbocycles. The molecule has 30 heteroatoms. The van der Waals surface area contributed by atoms with Crippen LogP contribution in [0.4, 0.5) is 5.69 Å². The van der Waals surface area contributed by atoms with E-state index in [0.717, 1.165) is 86.6 Å². The summed E-state index contributed by atoms with van der Waals surface area (Å²) in [4.78, 5) is 106. The van der Waals surface area contributed by atoms with Crippen LogP contribution in [0.15, 0.2) is 66.7 Å². The van der Waals surface area contributed by atoms with Crippen molar-refractivity contribution in [3.05, 3.63) is 77.9 Å². The molecule has 508 valence electrons. The van der Waals surface area contributed by atoms with Gasteiger partial charge in [0.15, 0.2) is 11.5 Å². The lowest BCUT2D eigenvalue weighted by Crippen LogP contribution is -2.64. The number of nitrogens with one attached hydrogen (secondary N) is 5. The first-order valence-electron chi connectivity index (χ1n) is 31.5. The second-order valence-electron chi connectivity index (χ2n) is 24.2. The van der Waals surface area contributed by atoms with E-state index in [4.69, 9.17) is 25.7 Å². The molecule has 0 unspecified atom stereocenters. The topological polar surface area (TPSA) is 436 Å². The number of fused-ring (bicyclic) bond motifs is 2. The van der Waals surface area contributed by atoms with Crippen molar-refractivity contribution < 1.29 is 83.5 Å². The van der Waals surface area contributed by atoms with E-state index in [2.05, 4.69) is 53.8 Å². The smallest absolute Gasteiger partial charge is 0.251 e. The number of rotatable bonds is 22. The molecule has 0 bridgehead atoms. The summed E-state index contributed by atoms with van der Waals surface area (Å²) in [6.45, 7) is 5.78. The maximum atomic E-state index is 14.7. The average Bonchev–Trinajstić information content (AvgIpc) is 1.69. The number of methoxy groups -OCH3 is 1. The van der Waals surface area contributed by atoms with Crippen molar-refractivity contribution in [3.63, 3.8) is 0 Å². The Morgan fingerprint density at radius 2 is 1.38 bits per heavy atom. The number of aliphatic hydroxyl groups is 6. The highest BCUT2D eigenvalue weighted by Crippen LogP contribution is 2.34. The van der Waals surface area contributed by atoms with Crippen molar-refractivity contribution >= 4 is 58.4 Å². The Labute approximate surface area is 542 Å². The molecule has 16 N–H and O–H groups in total. The Morgan fingerprint density at radius 1 is 0.731 bits per heavy atom. The number of anilines is 1. The van der Waals surface area contributed by atoms with Gasteiger partial charge >= 0.3 is 0 Å². The van der Waals surface area contributed by atoms with E-state index < -0.39 is 152 Å². The summed E-state index contributed by atoms with van der Waals surface area (Å²) in [6.07, 6.45) is -8.30. The highest BCUT2D eigenvalue weighted by Gasteiger charge is 2.50. The molecule has 0 aliphatic carbocycles. The van der Waals surface area contributed by atoms with Crippen LogP contribution in [0.25, 0.3) is 21.1 Å². The monoisotopic (exact) mass is 1320 g/mol. The fourth-order valence-corrected chi connectivity index (χ4v) is 12.8. The van der Waals surface area contributed by atoms with E-state index in [1.807, 2.05) is 12.1 Å². The molecule has 4 fully saturated rings. The number of aromatic hydroxyl groups is 1. The van der Waals surface area contributed by atoms with Crippen LogP contribution in [0.1, 0.15) is 81.1 Å². The van der Waals surface area contributed by atoms with Gasteiger partial charge in [-0.2, -0.15) is 0 Å². The van der Waals surface area contributed by atoms with E-state index in [1.165, 1.54) is 48.6 Å². The number of piperidine rings is 1. The second-order valence-corrected chi connectivity index (χ2v) is 25.2. The molecule has 4 aliphatic heterocycles. The number of benzene rings is 3. The molecule has 4 aromatic rings. The third-order valence-corrected chi connectivity index (χ3v) is 18.2.